The smallest absolute Gasteiger partial charge is 0.410 e. The summed E-state index contributed by atoms with van der Waals surface area (Å²) in [5, 5.41) is 2.46. The van der Waals surface area contributed by atoms with Crippen LogP contribution in [-0.2, 0) is 19.7 Å². The standard InChI is InChI=1S/C21H27N3O5/c1-20(2,3)29-19(27)24-11-9-23(10-12-24)15-6-4-5-14-17(15)28-13-21(14)8-7-16(25)22-18(21)26/h4-6H,7-13H2,1-3H3,(H,22,25,26). The van der Waals surface area contributed by atoms with Gasteiger partial charge in [-0.3, -0.25) is 14.9 Å². The first-order valence-corrected chi connectivity index (χ1v) is 10.0. The minimum Gasteiger partial charge on any atom is -0.490 e. The lowest BCUT2D eigenvalue weighted by molar-refractivity contribution is -0.138. The van der Waals surface area contributed by atoms with Gasteiger partial charge >= 0.3 is 6.09 Å². The van der Waals surface area contributed by atoms with Gasteiger partial charge in [-0.25, -0.2) is 4.79 Å². The van der Waals surface area contributed by atoms with Crippen LogP contribution in [0.2, 0.25) is 0 Å². The third kappa shape index (κ3) is 3.52. The van der Waals surface area contributed by atoms with Crippen molar-refractivity contribution in [2.24, 2.45) is 0 Å². The van der Waals surface area contributed by atoms with Gasteiger partial charge in [0.1, 0.15) is 23.4 Å². The molecular weight excluding hydrogens is 374 g/mol. The highest BCUT2D eigenvalue weighted by Crippen LogP contribution is 2.48. The monoisotopic (exact) mass is 401 g/mol. The number of imide groups is 1. The molecule has 4 rings (SSSR count). The van der Waals surface area contributed by atoms with E-state index in [4.69, 9.17) is 9.47 Å². The third-order valence-corrected chi connectivity index (χ3v) is 5.71. The van der Waals surface area contributed by atoms with Gasteiger partial charge in [-0.05, 0) is 33.3 Å². The number of amides is 3. The second-order valence-corrected chi connectivity index (χ2v) is 8.86. The Kier molecular flexibility index (Phi) is 4.67. The Bertz CT molecular complexity index is 854. The maximum atomic E-state index is 12.6. The van der Waals surface area contributed by atoms with Crippen LogP contribution in [0.5, 0.6) is 5.75 Å². The van der Waals surface area contributed by atoms with Crippen LogP contribution in [0.25, 0.3) is 0 Å². The molecule has 8 heteroatoms. The van der Waals surface area contributed by atoms with E-state index in [0.29, 0.717) is 44.8 Å². The van der Waals surface area contributed by atoms with Crippen LogP contribution < -0.4 is 15.0 Å². The van der Waals surface area contributed by atoms with Gasteiger partial charge in [0.05, 0.1) is 5.69 Å². The maximum Gasteiger partial charge on any atom is 0.410 e. The Labute approximate surface area is 170 Å². The molecule has 29 heavy (non-hydrogen) atoms. The number of rotatable bonds is 1. The van der Waals surface area contributed by atoms with Crippen molar-refractivity contribution in [1.29, 1.82) is 0 Å². The van der Waals surface area contributed by atoms with Crippen molar-refractivity contribution in [3.8, 4) is 5.75 Å². The first kappa shape index (κ1) is 19.5. The highest BCUT2D eigenvalue weighted by Gasteiger charge is 2.51. The molecule has 1 spiro atoms. The summed E-state index contributed by atoms with van der Waals surface area (Å²) in [5.74, 6) is 0.200. The van der Waals surface area contributed by atoms with Gasteiger partial charge in [-0.1, -0.05) is 12.1 Å². The van der Waals surface area contributed by atoms with Crippen molar-refractivity contribution < 1.29 is 23.9 Å². The minimum atomic E-state index is -0.794. The number of piperidine rings is 1. The molecule has 0 radical (unpaired) electrons. The molecule has 3 aliphatic rings. The van der Waals surface area contributed by atoms with Crippen LogP contribution in [-0.4, -0.2) is 61.2 Å². The van der Waals surface area contributed by atoms with Gasteiger partial charge in [-0.2, -0.15) is 0 Å². The van der Waals surface area contributed by atoms with Crippen molar-refractivity contribution in [2.75, 3.05) is 37.7 Å². The summed E-state index contributed by atoms with van der Waals surface area (Å²) in [5.41, 5.74) is 0.457. The predicted molar refractivity (Wildman–Crippen MR) is 106 cm³/mol. The third-order valence-electron chi connectivity index (χ3n) is 5.71. The lowest BCUT2D eigenvalue weighted by atomic mass is 9.75. The van der Waals surface area contributed by atoms with Gasteiger partial charge in [0.25, 0.3) is 0 Å². The molecule has 0 aliphatic carbocycles. The zero-order chi connectivity index (χ0) is 20.8. The van der Waals surface area contributed by atoms with Gasteiger partial charge in [0, 0.05) is 38.2 Å². The fraction of sp³-hybridized carbons (Fsp3) is 0.571. The molecule has 3 heterocycles. The zero-order valence-corrected chi connectivity index (χ0v) is 17.1. The van der Waals surface area contributed by atoms with Crippen LogP contribution in [0.4, 0.5) is 10.5 Å². The quantitative estimate of drug-likeness (QED) is 0.722. The van der Waals surface area contributed by atoms with Gasteiger partial charge in [0.15, 0.2) is 0 Å². The largest absolute Gasteiger partial charge is 0.490 e. The molecule has 0 saturated carbocycles. The Balaban J connectivity index is 1.50. The summed E-state index contributed by atoms with van der Waals surface area (Å²) in [6.45, 7) is 8.23. The average Bonchev–Trinajstić information content (AvgIpc) is 3.04. The average molecular weight is 401 g/mol. The SMILES string of the molecule is CC(C)(C)OC(=O)N1CCN(c2cccc3c2OCC32CCC(=O)NC2=O)CC1. The molecule has 0 aromatic heterocycles. The summed E-state index contributed by atoms with van der Waals surface area (Å²) in [4.78, 5) is 40.4. The molecule has 0 bridgehead atoms. The van der Waals surface area contributed by atoms with Crippen molar-refractivity contribution in [2.45, 2.75) is 44.6 Å². The molecule has 1 atom stereocenters. The number of anilines is 1. The number of carbonyl (C=O) groups excluding carboxylic acids is 3. The number of nitrogens with zero attached hydrogens (tertiary/aromatic N) is 2. The lowest BCUT2D eigenvalue weighted by Crippen LogP contribution is -2.52. The molecule has 1 aromatic carbocycles. The number of carbonyl (C=O) groups is 3. The summed E-state index contributed by atoms with van der Waals surface area (Å²) >= 11 is 0. The van der Waals surface area contributed by atoms with E-state index in [-0.39, 0.29) is 24.5 Å². The van der Waals surface area contributed by atoms with Crippen LogP contribution in [0, 0.1) is 0 Å². The van der Waals surface area contributed by atoms with Crippen molar-refractivity contribution >= 4 is 23.6 Å². The second kappa shape index (κ2) is 6.93. The van der Waals surface area contributed by atoms with Crippen LogP contribution in [0.15, 0.2) is 18.2 Å². The summed E-state index contributed by atoms with van der Waals surface area (Å²) in [6.07, 6.45) is 0.475. The molecule has 2 saturated heterocycles. The molecule has 1 aromatic rings. The summed E-state index contributed by atoms with van der Waals surface area (Å²) in [6, 6.07) is 5.82. The zero-order valence-electron chi connectivity index (χ0n) is 17.1. The van der Waals surface area contributed by atoms with E-state index in [9.17, 15) is 14.4 Å². The number of nitrogens with one attached hydrogen (secondary N) is 1. The van der Waals surface area contributed by atoms with Crippen LogP contribution >= 0.6 is 0 Å². The molecule has 3 aliphatic heterocycles. The van der Waals surface area contributed by atoms with E-state index in [1.54, 1.807) is 4.90 Å². The number of hydrogen-bond donors (Lipinski definition) is 1. The van der Waals surface area contributed by atoms with E-state index in [1.165, 1.54) is 0 Å². The molecule has 156 valence electrons. The predicted octanol–water partition coefficient (Wildman–Crippen LogP) is 1.81. The Hall–Kier alpha value is -2.77. The van der Waals surface area contributed by atoms with E-state index in [1.807, 2.05) is 39.0 Å². The van der Waals surface area contributed by atoms with Crippen LogP contribution in [0.3, 0.4) is 0 Å². The van der Waals surface area contributed by atoms with Crippen molar-refractivity contribution in [3.63, 3.8) is 0 Å². The Morgan fingerprint density at radius 1 is 1.17 bits per heavy atom. The normalized spacial score (nSPS) is 24.2. The van der Waals surface area contributed by atoms with E-state index in [0.717, 1.165) is 11.3 Å². The molecule has 3 amide bonds. The van der Waals surface area contributed by atoms with E-state index < -0.39 is 11.0 Å². The fourth-order valence-electron chi connectivity index (χ4n) is 4.18. The first-order valence-electron chi connectivity index (χ1n) is 10.0. The van der Waals surface area contributed by atoms with Gasteiger partial charge in [-0.15, -0.1) is 0 Å². The molecule has 1 N–H and O–H groups in total. The molecular formula is C21H27N3O5. The van der Waals surface area contributed by atoms with E-state index >= 15 is 0 Å². The molecule has 8 nitrogen and oxygen atoms in total. The van der Waals surface area contributed by atoms with Gasteiger partial charge < -0.3 is 19.3 Å². The summed E-state index contributed by atoms with van der Waals surface area (Å²) < 4.78 is 11.5. The lowest BCUT2D eigenvalue weighted by Gasteiger charge is -2.37. The molecule has 2 fully saturated rings. The highest BCUT2D eigenvalue weighted by molar-refractivity contribution is 6.04. The van der Waals surface area contributed by atoms with Gasteiger partial charge in [0.2, 0.25) is 11.8 Å². The van der Waals surface area contributed by atoms with E-state index in [2.05, 4.69) is 10.2 Å². The Morgan fingerprint density at radius 2 is 1.90 bits per heavy atom. The van der Waals surface area contributed by atoms with Crippen molar-refractivity contribution in [1.82, 2.24) is 10.2 Å². The maximum absolute atomic E-state index is 12.6. The number of piperazine rings is 1. The number of benzene rings is 1. The molecule has 1 unspecified atom stereocenters. The fourth-order valence-corrected chi connectivity index (χ4v) is 4.18. The number of hydrogen-bond acceptors (Lipinski definition) is 6. The number of para-hydroxylation sites is 1. The topological polar surface area (TPSA) is 88.2 Å². The highest BCUT2D eigenvalue weighted by atomic mass is 16.6. The van der Waals surface area contributed by atoms with Crippen molar-refractivity contribution in [3.05, 3.63) is 23.8 Å². The second-order valence-electron chi connectivity index (χ2n) is 8.86. The van der Waals surface area contributed by atoms with Crippen LogP contribution in [0.1, 0.15) is 39.2 Å². The number of fused-ring (bicyclic) bond motifs is 2. The minimum absolute atomic E-state index is 0.233. The first-order chi connectivity index (χ1) is 13.7. The Morgan fingerprint density at radius 3 is 2.55 bits per heavy atom. The summed E-state index contributed by atoms with van der Waals surface area (Å²) in [7, 11) is 0. The number of ether oxygens (including phenoxy) is 2.